The number of rotatable bonds is 7. The molecule has 0 fully saturated rings. The van der Waals surface area contributed by atoms with Gasteiger partial charge < -0.3 is 4.90 Å². The van der Waals surface area contributed by atoms with Gasteiger partial charge in [0.05, 0.1) is 0 Å². The summed E-state index contributed by atoms with van der Waals surface area (Å²) in [5, 5.41) is 0. The fourth-order valence-electron chi connectivity index (χ4n) is 3.14. The first-order valence-electron chi connectivity index (χ1n) is 8.38. The first kappa shape index (κ1) is 16.8. The van der Waals surface area contributed by atoms with Crippen LogP contribution in [0.25, 0.3) is 0 Å². The van der Waals surface area contributed by atoms with Gasteiger partial charge in [-0.25, -0.2) is 0 Å². The molecule has 0 heterocycles. The van der Waals surface area contributed by atoms with Crippen molar-refractivity contribution in [3.63, 3.8) is 0 Å². The summed E-state index contributed by atoms with van der Waals surface area (Å²) < 4.78 is 0. The van der Waals surface area contributed by atoms with E-state index in [0.717, 1.165) is 6.54 Å². The highest BCUT2D eigenvalue weighted by Crippen LogP contribution is 2.32. The largest absolute Gasteiger partial charge is 0.305 e. The summed E-state index contributed by atoms with van der Waals surface area (Å²) in [5.41, 5.74) is 4.32. The molecule has 22 heavy (non-hydrogen) atoms. The number of nitrogens with zero attached hydrogens (tertiary/aromatic N) is 1. The molecule has 1 nitrogen and oxygen atoms in total. The summed E-state index contributed by atoms with van der Waals surface area (Å²) in [4.78, 5) is 2.21. The van der Waals surface area contributed by atoms with E-state index in [4.69, 9.17) is 0 Å². The third-order valence-corrected chi connectivity index (χ3v) is 4.45. The predicted octanol–water partition coefficient (Wildman–Crippen LogP) is 5.44. The summed E-state index contributed by atoms with van der Waals surface area (Å²) in [6, 6.07) is 20.1. The highest BCUT2D eigenvalue weighted by atomic mass is 15.0. The van der Waals surface area contributed by atoms with Crippen molar-refractivity contribution >= 4 is 0 Å². The van der Waals surface area contributed by atoms with Crippen LogP contribution in [0.2, 0.25) is 0 Å². The van der Waals surface area contributed by atoms with Gasteiger partial charge in [-0.15, -0.1) is 0 Å². The minimum atomic E-state index is 0.604. The van der Waals surface area contributed by atoms with Gasteiger partial charge in [-0.05, 0) is 55.5 Å². The highest BCUT2D eigenvalue weighted by Gasteiger charge is 2.15. The van der Waals surface area contributed by atoms with Crippen molar-refractivity contribution in [1.82, 2.24) is 4.90 Å². The lowest BCUT2D eigenvalue weighted by molar-refractivity contribution is 0.402. The highest BCUT2D eigenvalue weighted by molar-refractivity contribution is 5.27. The maximum Gasteiger partial charge on any atom is 0.0227 e. The lowest BCUT2D eigenvalue weighted by Crippen LogP contribution is -2.10. The maximum absolute atomic E-state index is 2.35. The second-order valence-corrected chi connectivity index (χ2v) is 6.63. The van der Waals surface area contributed by atoms with Gasteiger partial charge in [0.2, 0.25) is 0 Å². The number of hydrogen-bond acceptors (Lipinski definition) is 1. The molecule has 2 aromatic carbocycles. The Bertz CT molecular complexity index is 542. The Labute approximate surface area is 136 Å². The van der Waals surface area contributed by atoms with Gasteiger partial charge >= 0.3 is 0 Å². The van der Waals surface area contributed by atoms with E-state index in [2.05, 4.69) is 87.4 Å². The predicted molar refractivity (Wildman–Crippen MR) is 96.3 cm³/mol. The van der Waals surface area contributed by atoms with Crippen LogP contribution in [0, 0.1) is 0 Å². The van der Waals surface area contributed by atoms with E-state index in [1.54, 1.807) is 0 Å². The van der Waals surface area contributed by atoms with E-state index in [1.807, 2.05) is 0 Å². The van der Waals surface area contributed by atoms with Crippen molar-refractivity contribution in [3.05, 3.63) is 71.3 Å². The molecule has 2 aromatic rings. The lowest BCUT2D eigenvalue weighted by atomic mass is 9.84. The molecule has 0 radical (unpaired) electrons. The molecule has 0 N–H and O–H groups in total. The van der Waals surface area contributed by atoms with Crippen molar-refractivity contribution < 1.29 is 0 Å². The lowest BCUT2D eigenvalue weighted by Gasteiger charge is -2.21. The zero-order chi connectivity index (χ0) is 15.9. The smallest absolute Gasteiger partial charge is 0.0227 e. The van der Waals surface area contributed by atoms with Gasteiger partial charge in [0, 0.05) is 6.54 Å². The minimum Gasteiger partial charge on any atom is -0.305 e. The molecule has 0 saturated carbocycles. The first-order valence-corrected chi connectivity index (χ1v) is 8.38. The number of benzene rings is 2. The zero-order valence-electron chi connectivity index (χ0n) is 14.4. The van der Waals surface area contributed by atoms with Crippen LogP contribution in [-0.4, -0.2) is 19.0 Å². The molecular weight excluding hydrogens is 266 g/mol. The Kier molecular flexibility index (Phi) is 6.21. The van der Waals surface area contributed by atoms with Crippen molar-refractivity contribution in [2.24, 2.45) is 0 Å². The molecule has 2 atom stereocenters. The molecule has 0 spiro atoms. The zero-order valence-corrected chi connectivity index (χ0v) is 14.4. The average Bonchev–Trinajstić information content (AvgIpc) is 2.53. The first-order chi connectivity index (χ1) is 10.6. The maximum atomic E-state index is 2.35. The van der Waals surface area contributed by atoms with Gasteiger partial charge in [0.1, 0.15) is 0 Å². The molecule has 2 unspecified atom stereocenters. The van der Waals surface area contributed by atoms with Crippen LogP contribution in [0.5, 0.6) is 0 Å². The Morgan fingerprint density at radius 1 is 0.864 bits per heavy atom. The van der Waals surface area contributed by atoms with Gasteiger partial charge in [-0.1, -0.05) is 68.4 Å². The van der Waals surface area contributed by atoms with Crippen molar-refractivity contribution in [2.45, 2.75) is 45.1 Å². The van der Waals surface area contributed by atoms with Crippen LogP contribution >= 0.6 is 0 Å². The van der Waals surface area contributed by atoms with E-state index in [0.29, 0.717) is 11.8 Å². The fourth-order valence-corrected chi connectivity index (χ4v) is 3.14. The van der Waals surface area contributed by atoms with Crippen LogP contribution in [0.4, 0.5) is 0 Å². The summed E-state index contributed by atoms with van der Waals surface area (Å²) in [5.74, 6) is 1.25. The summed E-state index contributed by atoms with van der Waals surface area (Å²) in [6.45, 7) is 5.66. The van der Waals surface area contributed by atoms with E-state index in [-0.39, 0.29) is 0 Å². The molecule has 0 saturated heterocycles. The SMILES string of the molecule is CCC(CC(C)c1ccccc1)c1ccc(CN(C)C)cc1. The molecular formula is C21H29N. The molecule has 0 aliphatic rings. The Morgan fingerprint density at radius 3 is 2.05 bits per heavy atom. The molecule has 0 aliphatic carbocycles. The third kappa shape index (κ3) is 4.71. The van der Waals surface area contributed by atoms with E-state index < -0.39 is 0 Å². The van der Waals surface area contributed by atoms with Gasteiger partial charge in [-0.2, -0.15) is 0 Å². The van der Waals surface area contributed by atoms with E-state index in [1.165, 1.54) is 29.5 Å². The van der Waals surface area contributed by atoms with E-state index >= 15 is 0 Å². The topological polar surface area (TPSA) is 3.24 Å². The second kappa shape index (κ2) is 8.14. The van der Waals surface area contributed by atoms with Crippen molar-refractivity contribution in [3.8, 4) is 0 Å². The van der Waals surface area contributed by atoms with Crippen LogP contribution in [0.1, 0.15) is 55.2 Å². The normalized spacial score (nSPS) is 14.0. The second-order valence-electron chi connectivity index (χ2n) is 6.63. The van der Waals surface area contributed by atoms with Crippen LogP contribution in [0.3, 0.4) is 0 Å². The average molecular weight is 295 g/mol. The van der Waals surface area contributed by atoms with Crippen molar-refractivity contribution in [1.29, 1.82) is 0 Å². The summed E-state index contributed by atoms with van der Waals surface area (Å²) >= 11 is 0. The molecule has 0 aliphatic heterocycles. The van der Waals surface area contributed by atoms with Crippen LogP contribution < -0.4 is 0 Å². The van der Waals surface area contributed by atoms with Crippen LogP contribution in [-0.2, 0) is 6.54 Å². The standard InChI is InChI=1S/C21H29N/c1-5-19(15-17(2)20-9-7-6-8-10-20)21-13-11-18(12-14-21)16-22(3)4/h6-14,17,19H,5,15-16H2,1-4H3. The quantitative estimate of drug-likeness (QED) is 0.658. The monoisotopic (exact) mass is 295 g/mol. The van der Waals surface area contributed by atoms with Crippen LogP contribution in [0.15, 0.2) is 54.6 Å². The van der Waals surface area contributed by atoms with Gasteiger partial charge in [0.25, 0.3) is 0 Å². The Balaban J connectivity index is 2.05. The summed E-state index contributed by atoms with van der Waals surface area (Å²) in [6.07, 6.45) is 2.41. The number of hydrogen-bond donors (Lipinski definition) is 0. The van der Waals surface area contributed by atoms with Crippen molar-refractivity contribution in [2.75, 3.05) is 14.1 Å². The Morgan fingerprint density at radius 2 is 1.50 bits per heavy atom. The minimum absolute atomic E-state index is 0.604. The van der Waals surface area contributed by atoms with E-state index in [9.17, 15) is 0 Å². The molecule has 1 heteroatoms. The molecule has 2 rings (SSSR count). The Hall–Kier alpha value is -1.60. The van der Waals surface area contributed by atoms with Gasteiger partial charge in [-0.3, -0.25) is 0 Å². The van der Waals surface area contributed by atoms with Gasteiger partial charge in [0.15, 0.2) is 0 Å². The molecule has 0 aromatic heterocycles. The molecule has 118 valence electrons. The summed E-state index contributed by atoms with van der Waals surface area (Å²) in [7, 11) is 4.23. The third-order valence-electron chi connectivity index (χ3n) is 4.45. The molecule has 0 bridgehead atoms. The molecule has 0 amide bonds. The fraction of sp³-hybridized carbons (Fsp3) is 0.429.